The van der Waals surface area contributed by atoms with Crippen molar-refractivity contribution in [3.63, 3.8) is 0 Å². The van der Waals surface area contributed by atoms with Crippen molar-refractivity contribution >= 4 is 0 Å². The predicted octanol–water partition coefficient (Wildman–Crippen LogP) is 0.341. The average Bonchev–Trinajstić information content (AvgIpc) is 2.53. The van der Waals surface area contributed by atoms with Gasteiger partial charge in [-0.1, -0.05) is 0 Å². The van der Waals surface area contributed by atoms with Crippen LogP contribution in [-0.2, 0) is 7.05 Å². The van der Waals surface area contributed by atoms with Gasteiger partial charge < -0.3 is 11.1 Å². The Morgan fingerprint density at radius 1 is 1.73 bits per heavy atom. The molecule has 4 nitrogen and oxygen atoms in total. The van der Waals surface area contributed by atoms with E-state index in [0.717, 1.165) is 24.2 Å². The highest BCUT2D eigenvalue weighted by molar-refractivity contribution is 5.20. The maximum absolute atomic E-state index is 5.71. The molecule has 0 aliphatic heterocycles. The molecule has 1 aromatic heterocycles. The molecule has 4 heteroatoms. The number of hydrogen-bond donors (Lipinski definition) is 2. The number of nitrogens with two attached hydrogens (primary N) is 1. The molecule has 82 valence electrons. The van der Waals surface area contributed by atoms with Crippen molar-refractivity contribution in [1.82, 2.24) is 15.1 Å². The molecular formula is C11H18N4. The molecule has 1 unspecified atom stereocenters. The van der Waals surface area contributed by atoms with Crippen molar-refractivity contribution in [2.75, 3.05) is 13.1 Å². The van der Waals surface area contributed by atoms with Crippen molar-refractivity contribution in [2.45, 2.75) is 19.4 Å². The van der Waals surface area contributed by atoms with E-state index in [9.17, 15) is 0 Å². The third-order valence-electron chi connectivity index (χ3n) is 2.32. The van der Waals surface area contributed by atoms with E-state index in [1.165, 1.54) is 0 Å². The fourth-order valence-electron chi connectivity index (χ4n) is 1.60. The Bertz CT molecular complexity index is 348. The topological polar surface area (TPSA) is 55.9 Å². The van der Waals surface area contributed by atoms with Gasteiger partial charge in [0, 0.05) is 44.4 Å². The number of hydrogen-bond acceptors (Lipinski definition) is 3. The molecule has 0 aliphatic carbocycles. The van der Waals surface area contributed by atoms with Crippen LogP contribution in [-0.4, -0.2) is 22.9 Å². The van der Waals surface area contributed by atoms with Crippen LogP contribution in [0.1, 0.15) is 23.7 Å². The standard InChI is InChI=1S/C11H18N4/c1-4-5-6-13-11(7-12)10-8-15(3)14-9(10)2/h1,8,11,13H,5-7,12H2,2-3H3. The van der Waals surface area contributed by atoms with Gasteiger partial charge in [-0.05, 0) is 6.92 Å². The normalized spacial score (nSPS) is 12.4. The van der Waals surface area contributed by atoms with Gasteiger partial charge in [-0.15, -0.1) is 12.3 Å². The van der Waals surface area contributed by atoms with Gasteiger partial charge in [0.05, 0.1) is 5.69 Å². The molecule has 1 atom stereocenters. The summed E-state index contributed by atoms with van der Waals surface area (Å²) in [5.41, 5.74) is 7.88. The first kappa shape index (κ1) is 11.8. The Morgan fingerprint density at radius 3 is 2.93 bits per heavy atom. The molecule has 0 saturated carbocycles. The number of terminal acetylenes is 1. The zero-order valence-corrected chi connectivity index (χ0v) is 9.33. The summed E-state index contributed by atoms with van der Waals surface area (Å²) in [4.78, 5) is 0. The van der Waals surface area contributed by atoms with Crippen molar-refractivity contribution in [3.05, 3.63) is 17.5 Å². The number of rotatable bonds is 5. The smallest absolute Gasteiger partial charge is 0.0641 e. The van der Waals surface area contributed by atoms with Crippen molar-refractivity contribution < 1.29 is 0 Å². The molecule has 1 aromatic rings. The summed E-state index contributed by atoms with van der Waals surface area (Å²) in [5.74, 6) is 2.59. The van der Waals surface area contributed by atoms with Crippen molar-refractivity contribution in [1.29, 1.82) is 0 Å². The van der Waals surface area contributed by atoms with Gasteiger partial charge >= 0.3 is 0 Å². The van der Waals surface area contributed by atoms with Crippen LogP contribution in [0, 0.1) is 19.3 Å². The summed E-state index contributed by atoms with van der Waals surface area (Å²) in [5, 5.41) is 7.61. The van der Waals surface area contributed by atoms with E-state index < -0.39 is 0 Å². The molecule has 3 N–H and O–H groups in total. The number of aromatic nitrogens is 2. The van der Waals surface area contributed by atoms with Crippen molar-refractivity contribution in [3.8, 4) is 12.3 Å². The molecule has 1 rings (SSSR count). The number of nitrogens with zero attached hydrogens (tertiary/aromatic N) is 2. The SMILES string of the molecule is C#CCCNC(CN)c1cn(C)nc1C. The number of nitrogens with one attached hydrogen (secondary N) is 1. The van der Waals surface area contributed by atoms with E-state index in [0.29, 0.717) is 6.54 Å². The van der Waals surface area contributed by atoms with E-state index in [4.69, 9.17) is 12.2 Å². The second-order valence-corrected chi connectivity index (χ2v) is 3.54. The molecule has 0 saturated heterocycles. The fraction of sp³-hybridized carbons (Fsp3) is 0.545. The van der Waals surface area contributed by atoms with E-state index in [1.54, 1.807) is 4.68 Å². The lowest BCUT2D eigenvalue weighted by atomic mass is 10.1. The minimum absolute atomic E-state index is 0.145. The zero-order valence-electron chi connectivity index (χ0n) is 9.33. The quantitative estimate of drug-likeness (QED) is 0.539. The molecule has 15 heavy (non-hydrogen) atoms. The first-order valence-electron chi connectivity index (χ1n) is 5.06. The Balaban J connectivity index is 2.66. The molecule has 0 fully saturated rings. The lowest BCUT2D eigenvalue weighted by molar-refractivity contribution is 0.548. The molecule has 0 spiro atoms. The van der Waals surface area contributed by atoms with Crippen LogP contribution in [0.5, 0.6) is 0 Å². The lowest BCUT2D eigenvalue weighted by Crippen LogP contribution is -2.29. The molecule has 0 aromatic carbocycles. The second-order valence-electron chi connectivity index (χ2n) is 3.54. The summed E-state index contributed by atoms with van der Waals surface area (Å²) < 4.78 is 1.80. The molecule has 0 bridgehead atoms. The van der Waals surface area contributed by atoms with Crippen LogP contribution in [0.4, 0.5) is 0 Å². The summed E-state index contributed by atoms with van der Waals surface area (Å²) in [6.07, 6.45) is 7.91. The Kier molecular flexibility index (Phi) is 4.35. The minimum Gasteiger partial charge on any atom is -0.329 e. The van der Waals surface area contributed by atoms with E-state index in [-0.39, 0.29) is 6.04 Å². The Labute approximate surface area is 90.8 Å². The molecule has 1 heterocycles. The molecular weight excluding hydrogens is 188 g/mol. The van der Waals surface area contributed by atoms with Gasteiger partial charge in [-0.2, -0.15) is 5.10 Å². The third kappa shape index (κ3) is 3.08. The number of aryl methyl sites for hydroxylation is 2. The maximum atomic E-state index is 5.71. The highest BCUT2D eigenvalue weighted by Gasteiger charge is 2.13. The van der Waals surface area contributed by atoms with Gasteiger partial charge in [-0.3, -0.25) is 4.68 Å². The van der Waals surface area contributed by atoms with E-state index >= 15 is 0 Å². The van der Waals surface area contributed by atoms with Gasteiger partial charge in [0.25, 0.3) is 0 Å². The predicted molar refractivity (Wildman–Crippen MR) is 61.2 cm³/mol. The van der Waals surface area contributed by atoms with Crippen LogP contribution >= 0.6 is 0 Å². The van der Waals surface area contributed by atoms with Gasteiger partial charge in [0.1, 0.15) is 0 Å². The summed E-state index contributed by atoms with van der Waals surface area (Å²) >= 11 is 0. The Hall–Kier alpha value is -1.31. The Morgan fingerprint density at radius 2 is 2.47 bits per heavy atom. The molecule has 0 aliphatic rings. The van der Waals surface area contributed by atoms with Crippen LogP contribution in [0.3, 0.4) is 0 Å². The second kappa shape index (κ2) is 5.54. The minimum atomic E-state index is 0.145. The van der Waals surface area contributed by atoms with Crippen LogP contribution in [0.25, 0.3) is 0 Å². The van der Waals surface area contributed by atoms with E-state index in [1.807, 2.05) is 20.2 Å². The third-order valence-corrected chi connectivity index (χ3v) is 2.32. The van der Waals surface area contributed by atoms with Crippen LogP contribution in [0.2, 0.25) is 0 Å². The van der Waals surface area contributed by atoms with Crippen LogP contribution < -0.4 is 11.1 Å². The lowest BCUT2D eigenvalue weighted by Gasteiger charge is -2.15. The van der Waals surface area contributed by atoms with Gasteiger partial charge in [0.2, 0.25) is 0 Å². The summed E-state index contributed by atoms with van der Waals surface area (Å²) in [7, 11) is 1.91. The molecule has 0 amide bonds. The van der Waals surface area contributed by atoms with Gasteiger partial charge in [0.15, 0.2) is 0 Å². The zero-order chi connectivity index (χ0) is 11.3. The first-order chi connectivity index (χ1) is 7.19. The monoisotopic (exact) mass is 206 g/mol. The average molecular weight is 206 g/mol. The molecule has 0 radical (unpaired) electrons. The van der Waals surface area contributed by atoms with Gasteiger partial charge in [-0.25, -0.2) is 0 Å². The largest absolute Gasteiger partial charge is 0.329 e. The summed E-state index contributed by atoms with van der Waals surface area (Å²) in [6.45, 7) is 3.32. The van der Waals surface area contributed by atoms with Crippen LogP contribution in [0.15, 0.2) is 6.20 Å². The maximum Gasteiger partial charge on any atom is 0.0641 e. The highest BCUT2D eigenvalue weighted by atomic mass is 15.3. The summed E-state index contributed by atoms with van der Waals surface area (Å²) in [6, 6.07) is 0.145. The van der Waals surface area contributed by atoms with Crippen molar-refractivity contribution in [2.24, 2.45) is 12.8 Å². The van der Waals surface area contributed by atoms with E-state index in [2.05, 4.69) is 16.3 Å². The fourth-order valence-corrected chi connectivity index (χ4v) is 1.60. The highest BCUT2D eigenvalue weighted by Crippen LogP contribution is 2.14. The first-order valence-corrected chi connectivity index (χ1v) is 5.06.